The summed E-state index contributed by atoms with van der Waals surface area (Å²) in [4.78, 5) is 36.3. The van der Waals surface area contributed by atoms with Crippen molar-refractivity contribution in [2.75, 3.05) is 23.7 Å². The maximum absolute atomic E-state index is 12.2. The predicted octanol–water partition coefficient (Wildman–Crippen LogP) is 4.14. The lowest BCUT2D eigenvalue weighted by molar-refractivity contribution is 0.0927. The Morgan fingerprint density at radius 3 is 1.81 bits per heavy atom. The zero-order chi connectivity index (χ0) is 22.1. The zero-order valence-corrected chi connectivity index (χ0v) is 17.3. The third-order valence-corrected chi connectivity index (χ3v) is 4.59. The molecule has 158 valence electrons. The molecule has 0 saturated heterocycles. The molecule has 4 N–H and O–H groups in total. The Morgan fingerprint density at radius 2 is 1.19 bits per heavy atom. The van der Waals surface area contributed by atoms with E-state index in [9.17, 15) is 14.4 Å². The molecule has 3 aromatic rings. The minimum Gasteiger partial charge on any atom is -0.350 e. The van der Waals surface area contributed by atoms with Crippen molar-refractivity contribution in [3.05, 3.63) is 95.0 Å². The number of carbonyl (C=O) groups excluding carboxylic acids is 3. The molecule has 0 spiro atoms. The monoisotopic (exact) mass is 436 g/mol. The van der Waals surface area contributed by atoms with Crippen LogP contribution in [0, 0.1) is 0 Å². The third kappa shape index (κ3) is 6.58. The number of hydrogen-bond acceptors (Lipinski definition) is 3. The van der Waals surface area contributed by atoms with E-state index in [-0.39, 0.29) is 18.4 Å². The SMILES string of the molecule is O=C(Nc1ccc(C(=O)NCCNC(=O)c2ccccc2)cc1)Nc1ccccc1Cl. The number of benzene rings is 3. The number of nitrogens with one attached hydrogen (secondary N) is 4. The van der Waals surface area contributed by atoms with Crippen LogP contribution in [0.2, 0.25) is 5.02 Å². The van der Waals surface area contributed by atoms with E-state index in [0.717, 1.165) is 0 Å². The summed E-state index contributed by atoms with van der Waals surface area (Å²) in [6.45, 7) is 0.596. The number of para-hydroxylation sites is 1. The first-order chi connectivity index (χ1) is 15.0. The molecule has 0 fully saturated rings. The number of hydrogen-bond donors (Lipinski definition) is 4. The van der Waals surface area contributed by atoms with Crippen molar-refractivity contribution in [1.82, 2.24) is 10.6 Å². The zero-order valence-electron chi connectivity index (χ0n) is 16.5. The molecule has 0 aromatic heterocycles. The Labute approximate surface area is 184 Å². The summed E-state index contributed by atoms with van der Waals surface area (Å²) < 4.78 is 0. The topological polar surface area (TPSA) is 99.3 Å². The van der Waals surface area contributed by atoms with Gasteiger partial charge in [0, 0.05) is 29.9 Å². The predicted molar refractivity (Wildman–Crippen MR) is 122 cm³/mol. The molecule has 0 aliphatic rings. The Bertz CT molecular complexity index is 1060. The van der Waals surface area contributed by atoms with Gasteiger partial charge in [-0.15, -0.1) is 0 Å². The highest BCUT2D eigenvalue weighted by molar-refractivity contribution is 6.33. The molecule has 0 unspecified atom stereocenters. The van der Waals surface area contributed by atoms with Crippen molar-refractivity contribution in [2.45, 2.75) is 0 Å². The molecule has 7 nitrogen and oxygen atoms in total. The minimum absolute atomic E-state index is 0.194. The van der Waals surface area contributed by atoms with Crippen molar-refractivity contribution in [2.24, 2.45) is 0 Å². The van der Waals surface area contributed by atoms with Crippen LogP contribution in [0.1, 0.15) is 20.7 Å². The largest absolute Gasteiger partial charge is 0.350 e. The van der Waals surface area contributed by atoms with E-state index in [4.69, 9.17) is 11.6 Å². The highest BCUT2D eigenvalue weighted by Gasteiger charge is 2.08. The number of rotatable bonds is 7. The lowest BCUT2D eigenvalue weighted by atomic mass is 10.2. The molecule has 0 bridgehead atoms. The van der Waals surface area contributed by atoms with E-state index in [0.29, 0.717) is 34.1 Å². The van der Waals surface area contributed by atoms with Crippen molar-refractivity contribution < 1.29 is 14.4 Å². The quantitative estimate of drug-likeness (QED) is 0.419. The average Bonchev–Trinajstić information content (AvgIpc) is 2.79. The number of carbonyl (C=O) groups is 3. The van der Waals surface area contributed by atoms with Crippen LogP contribution in [0.5, 0.6) is 0 Å². The second kappa shape index (κ2) is 10.8. The van der Waals surface area contributed by atoms with Gasteiger partial charge in [0.25, 0.3) is 11.8 Å². The standard InChI is InChI=1S/C23H21ClN4O3/c24-19-8-4-5-9-20(19)28-23(31)27-18-12-10-17(11-13-18)22(30)26-15-14-25-21(29)16-6-2-1-3-7-16/h1-13H,14-15H2,(H,25,29)(H,26,30)(H2,27,28,31). The third-order valence-electron chi connectivity index (χ3n) is 4.26. The van der Waals surface area contributed by atoms with Crippen molar-refractivity contribution in [3.8, 4) is 0 Å². The smallest absolute Gasteiger partial charge is 0.323 e. The Morgan fingerprint density at radius 1 is 0.645 bits per heavy atom. The van der Waals surface area contributed by atoms with Crippen LogP contribution in [0.25, 0.3) is 0 Å². The van der Waals surface area contributed by atoms with Gasteiger partial charge in [0.2, 0.25) is 0 Å². The molecule has 3 rings (SSSR count). The molecule has 4 amide bonds. The van der Waals surface area contributed by atoms with Gasteiger partial charge in [-0.25, -0.2) is 4.79 Å². The molecule has 0 radical (unpaired) electrons. The summed E-state index contributed by atoms with van der Waals surface area (Å²) in [5.41, 5.74) is 2.02. The summed E-state index contributed by atoms with van der Waals surface area (Å²) in [6.07, 6.45) is 0. The normalized spacial score (nSPS) is 10.1. The van der Waals surface area contributed by atoms with Gasteiger partial charge >= 0.3 is 6.03 Å². The molecule has 0 aliphatic carbocycles. The summed E-state index contributed by atoms with van der Waals surface area (Å²) in [6, 6.07) is 21.8. The maximum Gasteiger partial charge on any atom is 0.323 e. The molecule has 31 heavy (non-hydrogen) atoms. The van der Waals surface area contributed by atoms with Gasteiger partial charge in [0.1, 0.15) is 0 Å². The van der Waals surface area contributed by atoms with Crippen molar-refractivity contribution in [3.63, 3.8) is 0 Å². The molecule has 0 saturated carbocycles. The second-order valence-corrected chi connectivity index (χ2v) is 6.92. The van der Waals surface area contributed by atoms with Crippen LogP contribution < -0.4 is 21.3 Å². The first-order valence-corrected chi connectivity index (χ1v) is 9.95. The highest BCUT2D eigenvalue weighted by atomic mass is 35.5. The number of halogens is 1. The van der Waals surface area contributed by atoms with Gasteiger partial charge in [-0.3, -0.25) is 9.59 Å². The van der Waals surface area contributed by atoms with E-state index in [1.807, 2.05) is 6.07 Å². The molecule has 0 atom stereocenters. The van der Waals surface area contributed by atoms with Crippen LogP contribution in [0.3, 0.4) is 0 Å². The van der Waals surface area contributed by atoms with Gasteiger partial charge in [0.05, 0.1) is 10.7 Å². The Balaban J connectivity index is 1.42. The Kier molecular flexibility index (Phi) is 7.61. The van der Waals surface area contributed by atoms with E-state index in [1.165, 1.54) is 0 Å². The fraction of sp³-hybridized carbons (Fsp3) is 0.0870. The van der Waals surface area contributed by atoms with Gasteiger partial charge in [-0.1, -0.05) is 41.9 Å². The average molecular weight is 437 g/mol. The highest BCUT2D eigenvalue weighted by Crippen LogP contribution is 2.20. The molecule has 8 heteroatoms. The van der Waals surface area contributed by atoms with Crippen LogP contribution in [0.15, 0.2) is 78.9 Å². The van der Waals surface area contributed by atoms with E-state index < -0.39 is 6.03 Å². The van der Waals surface area contributed by atoms with Gasteiger partial charge < -0.3 is 21.3 Å². The summed E-state index contributed by atoms with van der Waals surface area (Å²) >= 11 is 6.02. The number of amides is 4. The van der Waals surface area contributed by atoms with Gasteiger partial charge in [-0.05, 0) is 48.5 Å². The van der Waals surface area contributed by atoms with Gasteiger partial charge in [0.15, 0.2) is 0 Å². The summed E-state index contributed by atoms with van der Waals surface area (Å²) in [7, 11) is 0. The maximum atomic E-state index is 12.2. The summed E-state index contributed by atoms with van der Waals surface area (Å²) in [5, 5.41) is 11.2. The van der Waals surface area contributed by atoms with Crippen molar-refractivity contribution in [1.29, 1.82) is 0 Å². The second-order valence-electron chi connectivity index (χ2n) is 6.51. The fourth-order valence-electron chi connectivity index (χ4n) is 2.70. The first-order valence-electron chi connectivity index (χ1n) is 9.57. The lowest BCUT2D eigenvalue weighted by Crippen LogP contribution is -2.34. The molecular weight excluding hydrogens is 416 g/mol. The van der Waals surface area contributed by atoms with Crippen molar-refractivity contribution >= 4 is 40.8 Å². The van der Waals surface area contributed by atoms with E-state index in [2.05, 4.69) is 21.3 Å². The van der Waals surface area contributed by atoms with Gasteiger partial charge in [-0.2, -0.15) is 0 Å². The fourth-order valence-corrected chi connectivity index (χ4v) is 2.88. The minimum atomic E-state index is -0.445. The molecule has 0 heterocycles. The first kappa shape index (κ1) is 21.9. The molecule has 0 aliphatic heterocycles. The summed E-state index contributed by atoms with van der Waals surface area (Å²) in [5.74, 6) is -0.471. The lowest BCUT2D eigenvalue weighted by Gasteiger charge is -2.10. The van der Waals surface area contributed by atoms with E-state index in [1.54, 1.807) is 72.8 Å². The molecular formula is C23H21ClN4O3. The Hall–Kier alpha value is -3.84. The van der Waals surface area contributed by atoms with Crippen LogP contribution in [-0.2, 0) is 0 Å². The van der Waals surface area contributed by atoms with Crippen LogP contribution >= 0.6 is 11.6 Å². The number of anilines is 2. The van der Waals surface area contributed by atoms with E-state index >= 15 is 0 Å². The molecule has 3 aromatic carbocycles. The van der Waals surface area contributed by atoms with Crippen LogP contribution in [-0.4, -0.2) is 30.9 Å². The number of urea groups is 1. The van der Waals surface area contributed by atoms with Crippen LogP contribution in [0.4, 0.5) is 16.2 Å².